The molecule has 0 atom stereocenters. The summed E-state index contributed by atoms with van der Waals surface area (Å²) in [5, 5.41) is 3.35. The van der Waals surface area contributed by atoms with Gasteiger partial charge in [0.2, 0.25) is 5.88 Å². The number of aliphatic imine (C=N–C) groups is 1. The van der Waals surface area contributed by atoms with Crippen LogP contribution in [-0.4, -0.2) is 22.6 Å². The van der Waals surface area contributed by atoms with Gasteiger partial charge in [-0.25, -0.2) is 9.98 Å². The Balaban J connectivity index is 0.00000288. The van der Waals surface area contributed by atoms with E-state index in [1.54, 1.807) is 6.20 Å². The third kappa shape index (κ3) is 8.17. The number of halogens is 1. The lowest BCUT2D eigenvalue weighted by atomic mass is 10.1. The maximum atomic E-state index is 6.01. The number of rotatable bonds is 4. The molecule has 24 heavy (non-hydrogen) atoms. The standard InChI is InChI=1S/C18H30N4O.HI/c1-18(2,3)23-16-11-10-14(12-20-16)13-21-17(19)22-15-8-6-4-5-7-9-15;/h10-12,15H,4-9,13H2,1-3H3,(H3,19,21,22);1H. The smallest absolute Gasteiger partial charge is 0.213 e. The Morgan fingerprint density at radius 3 is 2.46 bits per heavy atom. The average Bonchev–Trinajstić information content (AvgIpc) is 2.73. The van der Waals surface area contributed by atoms with E-state index in [2.05, 4.69) is 15.3 Å². The Hall–Kier alpha value is -1.05. The highest BCUT2D eigenvalue weighted by atomic mass is 127. The number of aromatic nitrogens is 1. The van der Waals surface area contributed by atoms with Crippen molar-refractivity contribution in [1.82, 2.24) is 10.3 Å². The van der Waals surface area contributed by atoms with Gasteiger partial charge in [-0.15, -0.1) is 24.0 Å². The van der Waals surface area contributed by atoms with Gasteiger partial charge in [0.1, 0.15) is 5.60 Å². The molecule has 1 fully saturated rings. The van der Waals surface area contributed by atoms with Crippen molar-refractivity contribution in [3.05, 3.63) is 23.9 Å². The molecule has 1 aliphatic rings. The van der Waals surface area contributed by atoms with Gasteiger partial charge in [-0.05, 0) is 39.2 Å². The van der Waals surface area contributed by atoms with E-state index in [0.717, 1.165) is 5.56 Å². The van der Waals surface area contributed by atoms with E-state index in [1.807, 2.05) is 32.9 Å². The van der Waals surface area contributed by atoms with E-state index in [1.165, 1.54) is 38.5 Å². The lowest BCUT2D eigenvalue weighted by molar-refractivity contribution is 0.124. The van der Waals surface area contributed by atoms with Crippen LogP contribution in [0.1, 0.15) is 64.9 Å². The van der Waals surface area contributed by atoms with E-state index >= 15 is 0 Å². The first-order valence-electron chi connectivity index (χ1n) is 8.63. The van der Waals surface area contributed by atoms with Gasteiger partial charge >= 0.3 is 0 Å². The normalized spacial score (nSPS) is 16.9. The van der Waals surface area contributed by atoms with Crippen molar-refractivity contribution in [3.8, 4) is 5.88 Å². The van der Waals surface area contributed by atoms with Gasteiger partial charge in [-0.1, -0.05) is 31.7 Å². The molecule has 5 nitrogen and oxygen atoms in total. The summed E-state index contributed by atoms with van der Waals surface area (Å²) in [6, 6.07) is 4.34. The third-order valence-corrected chi connectivity index (χ3v) is 3.85. The number of nitrogens with zero attached hydrogens (tertiary/aromatic N) is 2. The minimum Gasteiger partial charge on any atom is -0.472 e. The lowest BCUT2D eigenvalue weighted by Crippen LogP contribution is -2.39. The zero-order valence-electron chi connectivity index (χ0n) is 15.0. The van der Waals surface area contributed by atoms with Crippen molar-refractivity contribution in [1.29, 1.82) is 0 Å². The molecule has 0 amide bonds. The van der Waals surface area contributed by atoms with E-state index in [0.29, 0.717) is 24.4 Å². The van der Waals surface area contributed by atoms with Crippen molar-refractivity contribution in [2.24, 2.45) is 10.7 Å². The Bertz CT molecular complexity index is 503. The van der Waals surface area contributed by atoms with Gasteiger partial charge < -0.3 is 15.8 Å². The number of pyridine rings is 1. The van der Waals surface area contributed by atoms with Crippen LogP contribution in [0.15, 0.2) is 23.3 Å². The summed E-state index contributed by atoms with van der Waals surface area (Å²) in [7, 11) is 0. The maximum absolute atomic E-state index is 6.01. The molecular weight excluding hydrogens is 415 g/mol. The number of hydrogen-bond donors (Lipinski definition) is 2. The van der Waals surface area contributed by atoms with Gasteiger partial charge in [-0.3, -0.25) is 0 Å². The van der Waals surface area contributed by atoms with Crippen molar-refractivity contribution in [2.45, 2.75) is 77.5 Å². The first kappa shape index (κ1) is 21.0. The number of hydrogen-bond acceptors (Lipinski definition) is 3. The van der Waals surface area contributed by atoms with Crippen LogP contribution in [0.4, 0.5) is 0 Å². The Kier molecular flexibility index (Phi) is 8.80. The fourth-order valence-electron chi connectivity index (χ4n) is 2.73. The molecule has 2 rings (SSSR count). The van der Waals surface area contributed by atoms with Crippen LogP contribution in [0.25, 0.3) is 0 Å². The Labute approximate surface area is 162 Å². The van der Waals surface area contributed by atoms with Crippen LogP contribution >= 0.6 is 24.0 Å². The predicted molar refractivity (Wildman–Crippen MR) is 110 cm³/mol. The molecule has 0 unspecified atom stereocenters. The Morgan fingerprint density at radius 2 is 1.92 bits per heavy atom. The summed E-state index contributed by atoms with van der Waals surface area (Å²) < 4.78 is 5.71. The SMILES string of the molecule is CC(C)(C)Oc1ccc(CN=C(N)NC2CCCCCC2)cn1.I. The van der Waals surface area contributed by atoms with Gasteiger partial charge in [0.25, 0.3) is 0 Å². The fourth-order valence-corrected chi connectivity index (χ4v) is 2.73. The maximum Gasteiger partial charge on any atom is 0.213 e. The van der Waals surface area contributed by atoms with Gasteiger partial charge in [0.15, 0.2) is 5.96 Å². The molecule has 0 spiro atoms. The van der Waals surface area contributed by atoms with Crippen LogP contribution in [0, 0.1) is 0 Å². The first-order valence-corrected chi connectivity index (χ1v) is 8.63. The molecule has 0 radical (unpaired) electrons. The number of nitrogens with two attached hydrogens (primary N) is 1. The predicted octanol–water partition coefficient (Wildman–Crippen LogP) is 4.00. The summed E-state index contributed by atoms with van der Waals surface area (Å²) in [5.74, 6) is 1.17. The topological polar surface area (TPSA) is 72.5 Å². The molecule has 0 saturated heterocycles. The minimum absolute atomic E-state index is 0. The highest BCUT2D eigenvalue weighted by Crippen LogP contribution is 2.17. The lowest BCUT2D eigenvalue weighted by Gasteiger charge is -2.20. The Morgan fingerprint density at radius 1 is 1.25 bits per heavy atom. The fraction of sp³-hybridized carbons (Fsp3) is 0.667. The molecule has 1 saturated carbocycles. The third-order valence-electron chi connectivity index (χ3n) is 3.85. The van der Waals surface area contributed by atoms with Crippen LogP contribution in [0.3, 0.4) is 0 Å². The van der Waals surface area contributed by atoms with Gasteiger partial charge in [-0.2, -0.15) is 0 Å². The first-order chi connectivity index (χ1) is 10.9. The zero-order valence-corrected chi connectivity index (χ0v) is 17.4. The number of ether oxygens (including phenoxy) is 1. The molecular formula is C18H31IN4O. The molecule has 1 heterocycles. The summed E-state index contributed by atoms with van der Waals surface area (Å²) in [5.41, 5.74) is 6.80. The second-order valence-electron chi connectivity index (χ2n) is 7.25. The molecule has 1 aromatic heterocycles. The van der Waals surface area contributed by atoms with Crippen molar-refractivity contribution >= 4 is 29.9 Å². The molecule has 3 N–H and O–H groups in total. The van der Waals surface area contributed by atoms with E-state index < -0.39 is 0 Å². The summed E-state index contributed by atoms with van der Waals surface area (Å²) in [4.78, 5) is 8.74. The van der Waals surface area contributed by atoms with Crippen LogP contribution < -0.4 is 15.8 Å². The summed E-state index contributed by atoms with van der Waals surface area (Å²) in [6.45, 7) is 6.56. The minimum atomic E-state index is -0.236. The monoisotopic (exact) mass is 446 g/mol. The molecule has 1 aromatic rings. The quantitative estimate of drug-likeness (QED) is 0.317. The second-order valence-corrected chi connectivity index (χ2v) is 7.25. The summed E-state index contributed by atoms with van der Waals surface area (Å²) in [6.07, 6.45) is 9.42. The highest BCUT2D eigenvalue weighted by Gasteiger charge is 2.13. The van der Waals surface area contributed by atoms with E-state index in [9.17, 15) is 0 Å². The van der Waals surface area contributed by atoms with E-state index in [4.69, 9.17) is 10.5 Å². The molecule has 6 heteroatoms. The van der Waals surface area contributed by atoms with Crippen LogP contribution in [-0.2, 0) is 6.54 Å². The molecule has 0 bridgehead atoms. The zero-order chi connectivity index (χ0) is 16.7. The largest absolute Gasteiger partial charge is 0.472 e. The molecule has 0 aromatic carbocycles. The second kappa shape index (κ2) is 10.1. The molecule has 0 aliphatic heterocycles. The highest BCUT2D eigenvalue weighted by molar-refractivity contribution is 14.0. The average molecular weight is 446 g/mol. The van der Waals surface area contributed by atoms with Crippen LogP contribution in [0.2, 0.25) is 0 Å². The van der Waals surface area contributed by atoms with Gasteiger partial charge in [0.05, 0.1) is 6.54 Å². The van der Waals surface area contributed by atoms with E-state index in [-0.39, 0.29) is 29.6 Å². The van der Waals surface area contributed by atoms with Crippen molar-refractivity contribution in [2.75, 3.05) is 0 Å². The number of guanidine groups is 1. The van der Waals surface area contributed by atoms with Crippen molar-refractivity contribution in [3.63, 3.8) is 0 Å². The van der Waals surface area contributed by atoms with Gasteiger partial charge in [0, 0.05) is 18.3 Å². The number of nitrogens with one attached hydrogen (secondary N) is 1. The summed E-state index contributed by atoms with van der Waals surface area (Å²) >= 11 is 0. The van der Waals surface area contributed by atoms with Crippen molar-refractivity contribution < 1.29 is 4.74 Å². The molecule has 1 aliphatic carbocycles. The molecule has 136 valence electrons. The van der Waals surface area contributed by atoms with Crippen LogP contribution in [0.5, 0.6) is 5.88 Å².